The molecule has 2 heterocycles. The van der Waals surface area contributed by atoms with Crippen LogP contribution in [0.25, 0.3) is 0 Å². The topological polar surface area (TPSA) is 173 Å². The van der Waals surface area contributed by atoms with Crippen molar-refractivity contribution in [2.75, 3.05) is 50.5 Å². The molecule has 3 N–H and O–H groups in total. The second-order valence-corrected chi connectivity index (χ2v) is 14.4. The summed E-state index contributed by atoms with van der Waals surface area (Å²) in [5.74, 6) is 0.370. The quantitative estimate of drug-likeness (QED) is 0.272. The lowest BCUT2D eigenvalue weighted by molar-refractivity contribution is -0.0115. The first-order valence-electron chi connectivity index (χ1n) is 16.7. The van der Waals surface area contributed by atoms with E-state index in [2.05, 4.69) is 15.2 Å². The van der Waals surface area contributed by atoms with Crippen LogP contribution in [0.1, 0.15) is 61.8 Å². The van der Waals surface area contributed by atoms with Crippen LogP contribution in [0.5, 0.6) is 11.5 Å². The van der Waals surface area contributed by atoms with Crippen molar-refractivity contribution in [2.24, 2.45) is 5.92 Å². The summed E-state index contributed by atoms with van der Waals surface area (Å²) in [6.07, 6.45) is 1.51. The number of hydrogen-bond donors (Lipinski definition) is 3. The van der Waals surface area contributed by atoms with Gasteiger partial charge in [-0.15, -0.1) is 0 Å². The molecule has 0 spiro atoms. The average Bonchev–Trinajstić information content (AvgIpc) is 3.44. The van der Waals surface area contributed by atoms with E-state index in [0.717, 1.165) is 12.8 Å². The lowest BCUT2D eigenvalue weighted by atomic mass is 10.0. The van der Waals surface area contributed by atoms with Crippen LogP contribution in [0.15, 0.2) is 51.9 Å². The SMILES string of the molecule is COc1ccc(NC(=O)N(C)C[C@@H]2OCCCC[C@H](C)Oc3ccc(NS(=O)(=O)c4c(C)noc4C)cc3C(=O)N([C@H](C)CO)C[C@@H]2C)cc1. The Morgan fingerprint density at radius 3 is 2.48 bits per heavy atom. The Bertz CT molecular complexity index is 1690. The third-order valence-corrected chi connectivity index (χ3v) is 10.3. The van der Waals surface area contributed by atoms with E-state index in [-0.39, 0.29) is 65.3 Å². The number of ether oxygens (including phenoxy) is 3. The second-order valence-electron chi connectivity index (χ2n) is 12.8. The predicted molar refractivity (Wildman–Crippen MR) is 188 cm³/mol. The number of carbonyl (C=O) groups is 2. The highest BCUT2D eigenvalue weighted by Gasteiger charge is 2.32. The summed E-state index contributed by atoms with van der Waals surface area (Å²) in [5, 5.41) is 16.9. The number of anilines is 2. The van der Waals surface area contributed by atoms with Gasteiger partial charge < -0.3 is 39.0 Å². The summed E-state index contributed by atoms with van der Waals surface area (Å²) in [5.41, 5.74) is 1.09. The Labute approximate surface area is 294 Å². The molecule has 274 valence electrons. The number of aliphatic hydroxyl groups is 1. The molecular weight excluding hydrogens is 666 g/mol. The smallest absolute Gasteiger partial charge is 0.321 e. The lowest BCUT2D eigenvalue weighted by Gasteiger charge is -2.35. The van der Waals surface area contributed by atoms with Gasteiger partial charge in [0.15, 0.2) is 10.7 Å². The van der Waals surface area contributed by atoms with Crippen LogP contribution in [-0.2, 0) is 14.8 Å². The van der Waals surface area contributed by atoms with Crippen molar-refractivity contribution in [3.05, 3.63) is 59.5 Å². The second kappa shape index (κ2) is 17.1. The number of rotatable bonds is 9. The first-order valence-corrected chi connectivity index (χ1v) is 18.2. The number of likely N-dealkylation sites (N-methyl/N-ethyl adjacent to an activating group) is 1. The number of aliphatic hydroxyl groups excluding tert-OH is 1. The Morgan fingerprint density at radius 1 is 1.14 bits per heavy atom. The molecule has 3 aromatic rings. The van der Waals surface area contributed by atoms with E-state index in [9.17, 15) is 23.1 Å². The van der Waals surface area contributed by atoms with Crippen molar-refractivity contribution in [1.82, 2.24) is 15.0 Å². The van der Waals surface area contributed by atoms with Gasteiger partial charge in [0, 0.05) is 44.0 Å². The van der Waals surface area contributed by atoms with Gasteiger partial charge in [-0.05, 0) is 89.4 Å². The third kappa shape index (κ3) is 9.67. The third-order valence-electron chi connectivity index (χ3n) is 8.68. The van der Waals surface area contributed by atoms with Crippen molar-refractivity contribution in [2.45, 2.75) is 77.0 Å². The van der Waals surface area contributed by atoms with Crippen molar-refractivity contribution < 1.29 is 41.8 Å². The molecule has 0 saturated carbocycles. The summed E-state index contributed by atoms with van der Waals surface area (Å²) < 4.78 is 52.1. The van der Waals surface area contributed by atoms with Gasteiger partial charge in [-0.25, -0.2) is 13.2 Å². The number of urea groups is 1. The fourth-order valence-corrected chi connectivity index (χ4v) is 7.14. The number of carbonyl (C=O) groups excluding carboxylic acids is 2. The molecule has 14 nitrogen and oxygen atoms in total. The molecule has 4 rings (SSSR count). The zero-order valence-corrected chi connectivity index (χ0v) is 30.6. The van der Waals surface area contributed by atoms with E-state index in [0.29, 0.717) is 30.2 Å². The molecule has 0 saturated heterocycles. The molecule has 0 fully saturated rings. The molecule has 0 unspecified atom stereocenters. The van der Waals surface area contributed by atoms with E-state index in [4.69, 9.17) is 18.7 Å². The Balaban J connectivity index is 1.62. The number of aryl methyl sites for hydroxylation is 2. The fourth-order valence-electron chi connectivity index (χ4n) is 5.76. The number of nitrogens with zero attached hydrogens (tertiary/aromatic N) is 3. The highest BCUT2D eigenvalue weighted by molar-refractivity contribution is 7.92. The van der Waals surface area contributed by atoms with Gasteiger partial charge in [0.05, 0.1) is 37.5 Å². The number of fused-ring (bicyclic) bond motifs is 1. The molecule has 0 radical (unpaired) electrons. The first-order chi connectivity index (χ1) is 23.7. The van der Waals surface area contributed by atoms with Crippen molar-refractivity contribution in [3.8, 4) is 11.5 Å². The van der Waals surface area contributed by atoms with Gasteiger partial charge in [0.25, 0.3) is 15.9 Å². The molecule has 1 aliphatic rings. The molecule has 1 aliphatic heterocycles. The summed E-state index contributed by atoms with van der Waals surface area (Å²) in [7, 11) is -0.846. The van der Waals surface area contributed by atoms with Crippen LogP contribution in [0.4, 0.5) is 16.2 Å². The predicted octanol–water partition coefficient (Wildman–Crippen LogP) is 5.06. The molecule has 1 aromatic heterocycles. The minimum absolute atomic E-state index is 0.0770. The molecule has 2 aromatic carbocycles. The molecule has 15 heteroatoms. The number of amides is 3. The maximum atomic E-state index is 14.4. The van der Waals surface area contributed by atoms with Crippen LogP contribution in [0.2, 0.25) is 0 Å². The normalized spacial score (nSPS) is 19.8. The largest absolute Gasteiger partial charge is 0.497 e. The Hall–Kier alpha value is -4.34. The van der Waals surface area contributed by atoms with Crippen LogP contribution in [-0.4, -0.2) is 99.1 Å². The average molecular weight is 716 g/mol. The number of aromatic nitrogens is 1. The van der Waals surface area contributed by atoms with Crippen LogP contribution < -0.4 is 19.5 Å². The Morgan fingerprint density at radius 2 is 1.84 bits per heavy atom. The van der Waals surface area contributed by atoms with Gasteiger partial charge in [-0.1, -0.05) is 12.1 Å². The van der Waals surface area contributed by atoms with E-state index in [1.54, 1.807) is 56.3 Å². The molecule has 4 atom stereocenters. The summed E-state index contributed by atoms with van der Waals surface area (Å²) >= 11 is 0. The summed E-state index contributed by atoms with van der Waals surface area (Å²) in [6, 6.07) is 10.6. The van der Waals surface area contributed by atoms with Gasteiger partial charge in [-0.2, -0.15) is 0 Å². The van der Waals surface area contributed by atoms with E-state index < -0.39 is 28.1 Å². The monoisotopic (exact) mass is 715 g/mol. The maximum Gasteiger partial charge on any atom is 0.321 e. The minimum Gasteiger partial charge on any atom is -0.497 e. The van der Waals surface area contributed by atoms with Crippen molar-refractivity contribution in [3.63, 3.8) is 0 Å². The lowest BCUT2D eigenvalue weighted by Crippen LogP contribution is -2.48. The zero-order chi connectivity index (χ0) is 36.6. The van der Waals surface area contributed by atoms with Crippen LogP contribution in [0.3, 0.4) is 0 Å². The number of methoxy groups -OCH3 is 1. The number of hydrogen-bond acceptors (Lipinski definition) is 10. The molecule has 3 amide bonds. The van der Waals surface area contributed by atoms with E-state index in [1.165, 1.54) is 30.9 Å². The van der Waals surface area contributed by atoms with Gasteiger partial charge in [0.1, 0.15) is 17.2 Å². The molecule has 0 bridgehead atoms. The van der Waals surface area contributed by atoms with E-state index >= 15 is 0 Å². The number of benzene rings is 2. The number of nitrogens with one attached hydrogen (secondary N) is 2. The Kier molecular flexibility index (Phi) is 13.1. The highest BCUT2D eigenvalue weighted by Crippen LogP contribution is 2.30. The number of sulfonamides is 1. The molecule has 50 heavy (non-hydrogen) atoms. The van der Waals surface area contributed by atoms with Crippen molar-refractivity contribution >= 4 is 33.3 Å². The van der Waals surface area contributed by atoms with Gasteiger partial charge in [-0.3, -0.25) is 9.52 Å². The molecule has 0 aliphatic carbocycles. The van der Waals surface area contributed by atoms with Crippen LogP contribution in [0, 0.1) is 19.8 Å². The highest BCUT2D eigenvalue weighted by atomic mass is 32.2. The standard InChI is InChI=1S/C35H49N5O9S/c1-22-19-40(23(2)21-41)34(42)30-18-28(38-50(44,45)33-25(4)37-49-26(33)5)13-16-31(30)48-24(3)10-8-9-17-47-32(22)20-39(6)35(43)36-27-11-14-29(46-7)15-12-27/h11-16,18,22-24,32,38,41H,8-10,17,19-21H2,1-7H3,(H,36,43)/t22-,23+,24-,32-/m0/s1. The summed E-state index contributed by atoms with van der Waals surface area (Å²) in [4.78, 5) is 30.6. The molecular formula is C35H49N5O9S. The minimum atomic E-state index is -4.10. The maximum absolute atomic E-state index is 14.4. The fraction of sp³-hybridized carbons (Fsp3) is 0.514. The van der Waals surface area contributed by atoms with Crippen molar-refractivity contribution in [1.29, 1.82) is 0 Å². The zero-order valence-electron chi connectivity index (χ0n) is 29.8. The van der Waals surface area contributed by atoms with Crippen LogP contribution >= 0.6 is 0 Å². The van der Waals surface area contributed by atoms with Gasteiger partial charge in [0.2, 0.25) is 0 Å². The first kappa shape index (κ1) is 38.5. The van der Waals surface area contributed by atoms with Gasteiger partial charge >= 0.3 is 6.03 Å². The van der Waals surface area contributed by atoms with E-state index in [1.807, 2.05) is 13.8 Å². The summed E-state index contributed by atoms with van der Waals surface area (Å²) in [6.45, 7) is 9.15.